The number of nitrogens with one attached hydrogen (secondary N) is 1. The van der Waals surface area contributed by atoms with Gasteiger partial charge in [0.15, 0.2) is 0 Å². The molecule has 2 aromatic carbocycles. The average molecular weight is 305 g/mol. The van der Waals surface area contributed by atoms with Gasteiger partial charge in [0.05, 0.1) is 15.2 Å². The second-order valence-corrected chi connectivity index (χ2v) is 5.95. The maximum atomic E-state index is 9.82. The highest BCUT2D eigenvalue weighted by Crippen LogP contribution is 2.27. The number of benzene rings is 2. The quantitative estimate of drug-likeness (QED) is 0.767. The maximum Gasteiger partial charge on any atom is 0.138 e. The number of nitrogens with zero attached hydrogens (tertiary/aromatic N) is 1. The Morgan fingerprint density at radius 3 is 2.80 bits per heavy atom. The van der Waals surface area contributed by atoms with Gasteiger partial charge in [0.1, 0.15) is 10.8 Å². The van der Waals surface area contributed by atoms with E-state index >= 15 is 0 Å². The number of hydrogen-bond acceptors (Lipinski definition) is 4. The van der Waals surface area contributed by atoms with E-state index in [0.717, 1.165) is 16.1 Å². The SMILES string of the molecule is Oc1c(Cl)cccc1CNCc1nc2ccccc2s1. The van der Waals surface area contributed by atoms with E-state index in [-0.39, 0.29) is 5.75 Å². The van der Waals surface area contributed by atoms with Gasteiger partial charge in [-0.25, -0.2) is 4.98 Å². The minimum absolute atomic E-state index is 0.144. The first-order valence-electron chi connectivity index (χ1n) is 6.25. The third-order valence-electron chi connectivity index (χ3n) is 3.00. The molecule has 0 aliphatic carbocycles. The van der Waals surface area contributed by atoms with Gasteiger partial charge in [-0.3, -0.25) is 0 Å². The fourth-order valence-corrected chi connectivity index (χ4v) is 3.13. The molecule has 0 radical (unpaired) electrons. The molecule has 0 aliphatic rings. The normalized spacial score (nSPS) is 11.1. The van der Waals surface area contributed by atoms with Crippen molar-refractivity contribution in [2.45, 2.75) is 13.1 Å². The van der Waals surface area contributed by atoms with Crippen molar-refractivity contribution in [3.63, 3.8) is 0 Å². The smallest absolute Gasteiger partial charge is 0.138 e. The molecule has 20 heavy (non-hydrogen) atoms. The number of halogens is 1. The van der Waals surface area contributed by atoms with Crippen molar-refractivity contribution in [2.24, 2.45) is 0 Å². The largest absolute Gasteiger partial charge is 0.506 e. The standard InChI is InChI=1S/C15H13ClN2OS/c16-11-5-3-4-10(15(11)19)8-17-9-14-18-12-6-1-2-7-13(12)20-14/h1-7,17,19H,8-9H2. The summed E-state index contributed by atoms with van der Waals surface area (Å²) >= 11 is 7.55. The molecule has 0 spiro atoms. The van der Waals surface area contributed by atoms with Gasteiger partial charge in [0.2, 0.25) is 0 Å². The summed E-state index contributed by atoms with van der Waals surface area (Å²) in [7, 11) is 0. The molecule has 0 amide bonds. The molecule has 1 heterocycles. The first-order valence-corrected chi connectivity index (χ1v) is 7.45. The second kappa shape index (κ2) is 5.79. The van der Waals surface area contributed by atoms with Crippen LogP contribution >= 0.6 is 22.9 Å². The van der Waals surface area contributed by atoms with E-state index < -0.39 is 0 Å². The number of phenolic OH excluding ortho intramolecular Hbond substituents is 1. The van der Waals surface area contributed by atoms with E-state index in [4.69, 9.17) is 11.6 Å². The summed E-state index contributed by atoms with van der Waals surface area (Å²) in [5.41, 5.74) is 1.82. The third kappa shape index (κ3) is 2.77. The van der Waals surface area contributed by atoms with E-state index in [2.05, 4.69) is 16.4 Å². The van der Waals surface area contributed by atoms with Gasteiger partial charge in [0.25, 0.3) is 0 Å². The third-order valence-corrected chi connectivity index (χ3v) is 4.34. The number of aromatic hydroxyl groups is 1. The Bertz CT molecular complexity index is 709. The zero-order valence-electron chi connectivity index (χ0n) is 10.6. The van der Waals surface area contributed by atoms with Crippen molar-refractivity contribution < 1.29 is 5.11 Å². The number of thiazole rings is 1. The van der Waals surface area contributed by atoms with Crippen molar-refractivity contribution in [1.82, 2.24) is 10.3 Å². The zero-order valence-corrected chi connectivity index (χ0v) is 12.2. The fraction of sp³-hybridized carbons (Fsp3) is 0.133. The van der Waals surface area contributed by atoms with Crippen LogP contribution in [0.25, 0.3) is 10.2 Å². The van der Waals surface area contributed by atoms with Crippen LogP contribution in [0, 0.1) is 0 Å². The van der Waals surface area contributed by atoms with Crippen molar-refractivity contribution in [1.29, 1.82) is 0 Å². The van der Waals surface area contributed by atoms with Crippen molar-refractivity contribution in [3.8, 4) is 5.75 Å². The Kier molecular flexibility index (Phi) is 3.87. The van der Waals surface area contributed by atoms with Crippen LogP contribution in [0.4, 0.5) is 0 Å². The molecule has 1 aromatic heterocycles. The summed E-state index contributed by atoms with van der Waals surface area (Å²) in [6.07, 6.45) is 0. The van der Waals surface area contributed by atoms with Gasteiger partial charge in [-0.2, -0.15) is 0 Å². The second-order valence-electron chi connectivity index (χ2n) is 4.43. The number of fused-ring (bicyclic) bond motifs is 1. The van der Waals surface area contributed by atoms with E-state index in [1.165, 1.54) is 4.70 Å². The highest BCUT2D eigenvalue weighted by molar-refractivity contribution is 7.18. The van der Waals surface area contributed by atoms with Crippen LogP contribution in [0.15, 0.2) is 42.5 Å². The van der Waals surface area contributed by atoms with Gasteiger partial charge in [-0.15, -0.1) is 11.3 Å². The van der Waals surface area contributed by atoms with E-state index in [9.17, 15) is 5.11 Å². The summed E-state index contributed by atoms with van der Waals surface area (Å²) < 4.78 is 1.19. The minimum atomic E-state index is 0.144. The molecule has 3 rings (SSSR count). The first kappa shape index (κ1) is 13.4. The van der Waals surface area contributed by atoms with E-state index in [1.807, 2.05) is 30.3 Å². The predicted octanol–water partition coefficient (Wildman–Crippen LogP) is 3.95. The van der Waals surface area contributed by atoms with Gasteiger partial charge >= 0.3 is 0 Å². The predicted molar refractivity (Wildman–Crippen MR) is 83.3 cm³/mol. The highest BCUT2D eigenvalue weighted by Gasteiger charge is 2.06. The van der Waals surface area contributed by atoms with Crippen molar-refractivity contribution >= 4 is 33.2 Å². The molecular formula is C15H13ClN2OS. The zero-order chi connectivity index (χ0) is 13.9. The van der Waals surface area contributed by atoms with Crippen molar-refractivity contribution in [2.75, 3.05) is 0 Å². The maximum absolute atomic E-state index is 9.82. The molecule has 0 saturated heterocycles. The van der Waals surface area contributed by atoms with Gasteiger partial charge in [-0.1, -0.05) is 35.9 Å². The minimum Gasteiger partial charge on any atom is -0.506 e. The molecule has 0 saturated carbocycles. The van der Waals surface area contributed by atoms with Crippen LogP contribution in [-0.2, 0) is 13.1 Å². The average Bonchev–Trinajstić information content (AvgIpc) is 2.86. The molecule has 3 nitrogen and oxygen atoms in total. The first-order chi connectivity index (χ1) is 9.74. The van der Waals surface area contributed by atoms with Crippen LogP contribution in [0.5, 0.6) is 5.75 Å². The topological polar surface area (TPSA) is 45.1 Å². The van der Waals surface area contributed by atoms with Crippen molar-refractivity contribution in [3.05, 3.63) is 58.1 Å². The molecule has 102 valence electrons. The highest BCUT2D eigenvalue weighted by atomic mass is 35.5. The van der Waals surface area contributed by atoms with Crippen LogP contribution in [0.3, 0.4) is 0 Å². The molecule has 3 aromatic rings. The fourth-order valence-electron chi connectivity index (χ4n) is 2.00. The number of phenols is 1. The summed E-state index contributed by atoms with van der Waals surface area (Å²) in [5.74, 6) is 0.144. The number of para-hydroxylation sites is 2. The van der Waals surface area contributed by atoms with Crippen LogP contribution in [0.2, 0.25) is 5.02 Å². The van der Waals surface area contributed by atoms with Crippen LogP contribution in [0.1, 0.15) is 10.6 Å². The van der Waals surface area contributed by atoms with Gasteiger partial charge in [0, 0.05) is 18.7 Å². The molecule has 5 heteroatoms. The Labute approximate surface area is 125 Å². The van der Waals surface area contributed by atoms with E-state index in [0.29, 0.717) is 18.1 Å². The molecule has 0 bridgehead atoms. The van der Waals surface area contributed by atoms with E-state index in [1.54, 1.807) is 17.4 Å². The summed E-state index contributed by atoms with van der Waals surface area (Å²) in [6, 6.07) is 13.4. The molecule has 2 N–H and O–H groups in total. The molecule has 0 fully saturated rings. The molecule has 0 unspecified atom stereocenters. The molecule has 0 aliphatic heterocycles. The lowest BCUT2D eigenvalue weighted by molar-refractivity contribution is 0.464. The summed E-state index contributed by atoms with van der Waals surface area (Å²) in [4.78, 5) is 4.55. The number of hydrogen-bond donors (Lipinski definition) is 2. The Balaban J connectivity index is 1.66. The van der Waals surface area contributed by atoms with Crippen LogP contribution in [-0.4, -0.2) is 10.1 Å². The Hall–Kier alpha value is -1.62. The summed E-state index contributed by atoms with van der Waals surface area (Å²) in [5, 5.41) is 14.5. The Morgan fingerprint density at radius 2 is 1.95 bits per heavy atom. The monoisotopic (exact) mass is 304 g/mol. The lowest BCUT2D eigenvalue weighted by Gasteiger charge is -2.06. The molecular weight excluding hydrogens is 292 g/mol. The number of aromatic nitrogens is 1. The van der Waals surface area contributed by atoms with Crippen LogP contribution < -0.4 is 5.32 Å². The lowest BCUT2D eigenvalue weighted by Crippen LogP contribution is -2.12. The molecule has 0 atom stereocenters. The summed E-state index contributed by atoms with van der Waals surface area (Å²) in [6.45, 7) is 1.23. The van der Waals surface area contributed by atoms with Gasteiger partial charge < -0.3 is 10.4 Å². The number of rotatable bonds is 4. The van der Waals surface area contributed by atoms with Gasteiger partial charge in [-0.05, 0) is 18.2 Å². The Morgan fingerprint density at radius 1 is 1.10 bits per heavy atom. The lowest BCUT2D eigenvalue weighted by atomic mass is 10.2.